The van der Waals surface area contributed by atoms with Crippen LogP contribution < -0.4 is 10.1 Å². The molecule has 0 amide bonds. The monoisotopic (exact) mass is 467 g/mol. The average molecular weight is 468 g/mol. The molecule has 9 heteroatoms. The van der Waals surface area contributed by atoms with Crippen LogP contribution in [-0.4, -0.2) is 69.4 Å². The van der Waals surface area contributed by atoms with Crippen LogP contribution in [-0.2, 0) is 22.4 Å². The molecule has 0 bridgehead atoms. The predicted molar refractivity (Wildman–Crippen MR) is 126 cm³/mol. The van der Waals surface area contributed by atoms with Crippen molar-refractivity contribution in [2.45, 2.75) is 69.6 Å². The lowest BCUT2D eigenvalue weighted by molar-refractivity contribution is -0.143. The Morgan fingerprint density at radius 2 is 2.15 bits per heavy atom. The molecule has 182 valence electrons. The molecule has 1 saturated carbocycles. The van der Waals surface area contributed by atoms with Crippen LogP contribution in [0.25, 0.3) is 0 Å². The maximum atomic E-state index is 12.2. The van der Waals surface area contributed by atoms with Crippen molar-refractivity contribution in [3.63, 3.8) is 0 Å². The lowest BCUT2D eigenvalue weighted by Gasteiger charge is -2.25. The number of pyridine rings is 1. The zero-order valence-electron chi connectivity index (χ0n) is 19.5. The van der Waals surface area contributed by atoms with Gasteiger partial charge in [0.25, 0.3) is 0 Å². The summed E-state index contributed by atoms with van der Waals surface area (Å²) in [5.41, 5.74) is 2.96. The van der Waals surface area contributed by atoms with Crippen molar-refractivity contribution in [2.75, 3.05) is 31.6 Å². The minimum Gasteiger partial charge on any atom is -0.480 e. The van der Waals surface area contributed by atoms with Crippen LogP contribution in [0.15, 0.2) is 24.7 Å². The van der Waals surface area contributed by atoms with Gasteiger partial charge >= 0.3 is 5.97 Å². The molecule has 2 aromatic rings. The van der Waals surface area contributed by atoms with E-state index in [0.29, 0.717) is 31.1 Å². The Morgan fingerprint density at radius 3 is 3.00 bits per heavy atom. The molecule has 1 aliphatic carbocycles. The summed E-state index contributed by atoms with van der Waals surface area (Å²) in [7, 11) is 0. The number of carbonyl (C=O) groups is 1. The zero-order valence-corrected chi connectivity index (χ0v) is 19.5. The fourth-order valence-electron chi connectivity index (χ4n) is 4.74. The van der Waals surface area contributed by atoms with Crippen LogP contribution in [0.2, 0.25) is 0 Å². The van der Waals surface area contributed by atoms with Crippen molar-refractivity contribution in [1.29, 1.82) is 0 Å². The molecule has 2 aromatic heterocycles. The smallest absolute Gasteiger partial charge is 0.325 e. The van der Waals surface area contributed by atoms with Gasteiger partial charge in [-0.1, -0.05) is 6.07 Å². The number of likely N-dealkylation sites (tertiary alicyclic amines) is 1. The molecule has 1 saturated heterocycles. The SMILES string of the molecule is O=C(O)C(c1cncnc1OC1CC1)N1CC[C@@H](OCCCCc2ccc3c(n2)NCCC3)C1. The highest BCUT2D eigenvalue weighted by atomic mass is 16.5. The van der Waals surface area contributed by atoms with Crippen molar-refractivity contribution in [3.05, 3.63) is 41.5 Å². The van der Waals surface area contributed by atoms with E-state index in [1.54, 1.807) is 6.20 Å². The number of carboxylic acid groups (broad SMARTS) is 1. The third-order valence-corrected chi connectivity index (χ3v) is 6.71. The molecule has 2 aliphatic heterocycles. The van der Waals surface area contributed by atoms with E-state index in [1.165, 1.54) is 18.3 Å². The predicted octanol–water partition coefficient (Wildman–Crippen LogP) is 3.01. The van der Waals surface area contributed by atoms with Crippen molar-refractivity contribution < 1.29 is 19.4 Å². The minimum absolute atomic E-state index is 0.0327. The van der Waals surface area contributed by atoms with Gasteiger partial charge < -0.3 is 19.9 Å². The number of aryl methyl sites for hydroxylation is 2. The second-order valence-electron chi connectivity index (χ2n) is 9.42. The van der Waals surface area contributed by atoms with Gasteiger partial charge in [0.2, 0.25) is 5.88 Å². The van der Waals surface area contributed by atoms with E-state index in [9.17, 15) is 9.90 Å². The number of aliphatic carboxylic acids is 1. The van der Waals surface area contributed by atoms with Gasteiger partial charge in [-0.05, 0) is 63.0 Å². The van der Waals surface area contributed by atoms with Gasteiger partial charge in [0.05, 0.1) is 11.7 Å². The highest BCUT2D eigenvalue weighted by Gasteiger charge is 2.37. The van der Waals surface area contributed by atoms with Crippen molar-refractivity contribution in [1.82, 2.24) is 19.9 Å². The number of aromatic nitrogens is 3. The first-order chi connectivity index (χ1) is 16.7. The first kappa shape index (κ1) is 23.0. The number of ether oxygens (including phenoxy) is 2. The summed E-state index contributed by atoms with van der Waals surface area (Å²) in [6, 6.07) is 3.51. The van der Waals surface area contributed by atoms with Gasteiger partial charge in [-0.25, -0.2) is 15.0 Å². The number of fused-ring (bicyclic) bond motifs is 1. The molecule has 2 N–H and O–H groups in total. The molecule has 0 aromatic carbocycles. The van der Waals surface area contributed by atoms with Crippen molar-refractivity contribution >= 4 is 11.8 Å². The van der Waals surface area contributed by atoms with Crippen LogP contribution in [0.1, 0.15) is 61.4 Å². The van der Waals surface area contributed by atoms with E-state index in [0.717, 1.165) is 63.0 Å². The van der Waals surface area contributed by atoms with Gasteiger partial charge in [0.15, 0.2) is 0 Å². The molecule has 2 fully saturated rings. The number of hydrogen-bond acceptors (Lipinski definition) is 8. The zero-order chi connectivity index (χ0) is 23.3. The second kappa shape index (κ2) is 10.7. The summed E-state index contributed by atoms with van der Waals surface area (Å²) in [6.07, 6.45) is 11.1. The van der Waals surface area contributed by atoms with Crippen LogP contribution >= 0.6 is 0 Å². The Balaban J connectivity index is 1.08. The van der Waals surface area contributed by atoms with Gasteiger partial charge in [0, 0.05) is 38.1 Å². The van der Waals surface area contributed by atoms with E-state index in [-0.39, 0.29) is 12.2 Å². The third-order valence-electron chi connectivity index (χ3n) is 6.71. The molecule has 4 heterocycles. The quantitative estimate of drug-likeness (QED) is 0.482. The largest absolute Gasteiger partial charge is 0.480 e. The summed E-state index contributed by atoms with van der Waals surface area (Å²) in [6.45, 7) is 2.91. The molecular weight excluding hydrogens is 434 g/mol. The normalized spacial score (nSPS) is 21.0. The highest BCUT2D eigenvalue weighted by Crippen LogP contribution is 2.34. The van der Waals surface area contributed by atoms with Gasteiger partial charge in [-0.2, -0.15) is 0 Å². The number of carboxylic acids is 1. The highest BCUT2D eigenvalue weighted by molar-refractivity contribution is 5.76. The van der Waals surface area contributed by atoms with Crippen LogP contribution in [0.4, 0.5) is 5.82 Å². The van der Waals surface area contributed by atoms with Gasteiger partial charge in [-0.15, -0.1) is 0 Å². The number of nitrogens with zero attached hydrogens (tertiary/aromatic N) is 4. The Labute approximate surface area is 199 Å². The number of anilines is 1. The van der Waals surface area contributed by atoms with E-state index in [2.05, 4.69) is 27.4 Å². The standard InChI is InChI=1S/C25H33N5O4/c31-25(32)22(21-14-26-16-28-24(21)34-19-8-9-19)30-12-10-20(15-30)33-13-2-1-5-18-7-6-17-4-3-11-27-23(17)29-18/h6-7,14,16,19-20,22H,1-5,8-13,15H2,(H,27,29)(H,31,32)/t20-,22?/m1/s1. The van der Waals surface area contributed by atoms with Crippen LogP contribution in [0.3, 0.4) is 0 Å². The van der Waals surface area contributed by atoms with Gasteiger partial charge in [-0.3, -0.25) is 9.69 Å². The Bertz CT molecular complexity index is 999. The van der Waals surface area contributed by atoms with E-state index in [4.69, 9.17) is 14.5 Å². The average Bonchev–Trinajstić information content (AvgIpc) is 3.55. The second-order valence-corrected chi connectivity index (χ2v) is 9.42. The summed E-state index contributed by atoms with van der Waals surface area (Å²) < 4.78 is 12.0. The Hall–Kier alpha value is -2.78. The molecule has 0 spiro atoms. The van der Waals surface area contributed by atoms with Crippen molar-refractivity contribution in [3.8, 4) is 5.88 Å². The summed E-state index contributed by atoms with van der Waals surface area (Å²) in [4.78, 5) is 27.1. The molecule has 2 atom stereocenters. The van der Waals surface area contributed by atoms with Crippen molar-refractivity contribution in [2.24, 2.45) is 0 Å². The lowest BCUT2D eigenvalue weighted by atomic mass is 10.1. The molecule has 3 aliphatic rings. The van der Waals surface area contributed by atoms with Gasteiger partial charge in [0.1, 0.15) is 24.3 Å². The third kappa shape index (κ3) is 5.64. The number of rotatable bonds is 11. The van der Waals surface area contributed by atoms with E-state index >= 15 is 0 Å². The maximum Gasteiger partial charge on any atom is 0.325 e. The molecule has 9 nitrogen and oxygen atoms in total. The number of hydrogen-bond donors (Lipinski definition) is 2. The lowest BCUT2D eigenvalue weighted by Crippen LogP contribution is -2.34. The molecule has 1 unspecified atom stereocenters. The Kier molecular flexibility index (Phi) is 7.20. The first-order valence-electron chi connectivity index (χ1n) is 12.4. The van der Waals surface area contributed by atoms with Crippen LogP contribution in [0.5, 0.6) is 5.88 Å². The van der Waals surface area contributed by atoms with E-state index in [1.807, 2.05) is 4.90 Å². The molecule has 0 radical (unpaired) electrons. The van der Waals surface area contributed by atoms with E-state index < -0.39 is 12.0 Å². The molecule has 34 heavy (non-hydrogen) atoms. The number of nitrogens with one attached hydrogen (secondary N) is 1. The maximum absolute atomic E-state index is 12.2. The first-order valence-corrected chi connectivity index (χ1v) is 12.4. The molecule has 5 rings (SSSR count). The Morgan fingerprint density at radius 1 is 1.24 bits per heavy atom. The minimum atomic E-state index is -0.914. The molecular formula is C25H33N5O4. The fraction of sp³-hybridized carbons (Fsp3) is 0.600. The summed E-state index contributed by atoms with van der Waals surface area (Å²) in [5, 5.41) is 13.4. The topological polar surface area (TPSA) is 110 Å². The summed E-state index contributed by atoms with van der Waals surface area (Å²) >= 11 is 0. The number of unbranched alkanes of at least 4 members (excludes halogenated alkanes) is 1. The van der Waals surface area contributed by atoms with Crippen LogP contribution in [0, 0.1) is 0 Å². The summed E-state index contributed by atoms with van der Waals surface area (Å²) in [5.74, 6) is 0.525. The fourth-order valence-corrected chi connectivity index (χ4v) is 4.74.